The fourth-order valence-electron chi connectivity index (χ4n) is 1.89. The van der Waals surface area contributed by atoms with Crippen molar-refractivity contribution in [1.82, 2.24) is 5.32 Å². The minimum absolute atomic E-state index is 0.168. The van der Waals surface area contributed by atoms with Gasteiger partial charge in [0.15, 0.2) is 0 Å². The Morgan fingerprint density at radius 3 is 2.11 bits per heavy atom. The number of nitrogens with one attached hydrogen (secondary N) is 1. The van der Waals surface area contributed by atoms with Gasteiger partial charge in [0.2, 0.25) is 0 Å². The van der Waals surface area contributed by atoms with E-state index in [-0.39, 0.29) is 6.04 Å². The van der Waals surface area contributed by atoms with Gasteiger partial charge in [-0.3, -0.25) is 4.79 Å². The van der Waals surface area contributed by atoms with E-state index in [9.17, 15) is 4.79 Å². The molecule has 0 amide bonds. The summed E-state index contributed by atoms with van der Waals surface area (Å²) in [6.07, 6.45) is 0.520. The highest BCUT2D eigenvalue weighted by molar-refractivity contribution is 5.74. The van der Waals surface area contributed by atoms with Crippen molar-refractivity contribution in [3.05, 3.63) is 35.4 Å². The van der Waals surface area contributed by atoms with Crippen molar-refractivity contribution in [2.24, 2.45) is 0 Å². The molecule has 0 saturated heterocycles. The van der Waals surface area contributed by atoms with Crippen LogP contribution in [-0.4, -0.2) is 23.2 Å². The lowest BCUT2D eigenvalue weighted by Gasteiger charge is -2.17. The van der Waals surface area contributed by atoms with Crippen LogP contribution in [0.2, 0.25) is 0 Å². The summed E-state index contributed by atoms with van der Waals surface area (Å²) in [6, 6.07) is 7.85. The fourth-order valence-corrected chi connectivity index (χ4v) is 1.89. The summed E-state index contributed by atoms with van der Waals surface area (Å²) < 4.78 is 0. The topological polar surface area (TPSA) is 49.3 Å². The SMILES string of the molecule is CC(C)NC(Cc1ccc(C(C)C)cc1)C(=O)O. The van der Waals surface area contributed by atoms with Crippen LogP contribution >= 0.6 is 0 Å². The molecule has 2 N–H and O–H groups in total. The monoisotopic (exact) mass is 249 g/mol. The van der Waals surface area contributed by atoms with Crippen LogP contribution < -0.4 is 5.32 Å². The van der Waals surface area contributed by atoms with Gasteiger partial charge in [-0.05, 0) is 23.5 Å². The minimum Gasteiger partial charge on any atom is -0.480 e. The van der Waals surface area contributed by atoms with Crippen molar-refractivity contribution < 1.29 is 9.90 Å². The van der Waals surface area contributed by atoms with E-state index in [1.54, 1.807) is 0 Å². The molecular weight excluding hydrogens is 226 g/mol. The van der Waals surface area contributed by atoms with E-state index in [2.05, 4.69) is 31.3 Å². The second kappa shape index (κ2) is 6.55. The molecule has 0 spiro atoms. The molecule has 0 heterocycles. The van der Waals surface area contributed by atoms with Crippen LogP contribution in [0.25, 0.3) is 0 Å². The second-order valence-electron chi connectivity index (χ2n) is 5.31. The lowest BCUT2D eigenvalue weighted by Crippen LogP contribution is -2.42. The Morgan fingerprint density at radius 1 is 1.17 bits per heavy atom. The Bertz CT molecular complexity index is 382. The predicted octanol–water partition coefficient (Wildman–Crippen LogP) is 2.80. The van der Waals surface area contributed by atoms with Gasteiger partial charge < -0.3 is 10.4 Å². The molecule has 18 heavy (non-hydrogen) atoms. The highest BCUT2D eigenvalue weighted by Crippen LogP contribution is 2.15. The van der Waals surface area contributed by atoms with Crippen LogP contribution in [0.15, 0.2) is 24.3 Å². The smallest absolute Gasteiger partial charge is 0.321 e. The predicted molar refractivity (Wildman–Crippen MR) is 73.9 cm³/mol. The maximum absolute atomic E-state index is 11.2. The zero-order valence-electron chi connectivity index (χ0n) is 11.6. The van der Waals surface area contributed by atoms with Gasteiger partial charge in [0.25, 0.3) is 0 Å². The van der Waals surface area contributed by atoms with Crippen molar-refractivity contribution in [2.75, 3.05) is 0 Å². The second-order valence-corrected chi connectivity index (χ2v) is 5.31. The van der Waals surface area contributed by atoms with Gasteiger partial charge in [-0.15, -0.1) is 0 Å². The molecule has 0 radical (unpaired) electrons. The summed E-state index contributed by atoms with van der Waals surface area (Å²) in [5.41, 5.74) is 2.34. The molecule has 0 fully saturated rings. The average Bonchev–Trinajstić information content (AvgIpc) is 2.28. The first-order chi connectivity index (χ1) is 8.40. The number of carbonyl (C=O) groups is 1. The van der Waals surface area contributed by atoms with Crippen molar-refractivity contribution in [1.29, 1.82) is 0 Å². The number of aliphatic carboxylic acids is 1. The van der Waals surface area contributed by atoms with Gasteiger partial charge in [-0.2, -0.15) is 0 Å². The van der Waals surface area contributed by atoms with Crippen LogP contribution in [0, 0.1) is 0 Å². The van der Waals surface area contributed by atoms with Crippen LogP contribution in [0.4, 0.5) is 0 Å². The molecule has 1 aromatic rings. The quantitative estimate of drug-likeness (QED) is 0.815. The molecule has 0 bridgehead atoms. The molecule has 3 heteroatoms. The molecule has 0 saturated carbocycles. The Balaban J connectivity index is 2.72. The summed E-state index contributed by atoms with van der Waals surface area (Å²) >= 11 is 0. The zero-order valence-corrected chi connectivity index (χ0v) is 11.6. The maximum Gasteiger partial charge on any atom is 0.321 e. The van der Waals surface area contributed by atoms with Gasteiger partial charge in [0.1, 0.15) is 6.04 Å². The maximum atomic E-state index is 11.2. The molecule has 1 aromatic carbocycles. The van der Waals surface area contributed by atoms with Crippen molar-refractivity contribution >= 4 is 5.97 Å². The van der Waals surface area contributed by atoms with Gasteiger partial charge in [0, 0.05) is 6.04 Å². The molecule has 0 aromatic heterocycles. The number of benzene rings is 1. The summed E-state index contributed by atoms with van der Waals surface area (Å²) in [5, 5.41) is 12.2. The molecule has 100 valence electrons. The largest absolute Gasteiger partial charge is 0.480 e. The molecule has 3 nitrogen and oxygen atoms in total. The highest BCUT2D eigenvalue weighted by Gasteiger charge is 2.18. The van der Waals surface area contributed by atoms with Crippen molar-refractivity contribution in [3.8, 4) is 0 Å². The minimum atomic E-state index is -0.795. The first-order valence-electron chi connectivity index (χ1n) is 6.48. The fraction of sp³-hybridized carbons (Fsp3) is 0.533. The molecule has 1 atom stereocenters. The number of rotatable bonds is 6. The number of hydrogen-bond acceptors (Lipinski definition) is 2. The Hall–Kier alpha value is -1.35. The molecule has 1 rings (SSSR count). The lowest BCUT2D eigenvalue weighted by molar-refractivity contribution is -0.139. The third-order valence-electron chi connectivity index (χ3n) is 2.92. The molecule has 0 aliphatic rings. The van der Waals surface area contributed by atoms with E-state index in [1.807, 2.05) is 26.0 Å². The normalized spacial score (nSPS) is 13.0. The molecule has 0 aliphatic carbocycles. The third kappa shape index (κ3) is 4.49. The third-order valence-corrected chi connectivity index (χ3v) is 2.92. The van der Waals surface area contributed by atoms with Crippen LogP contribution in [0.3, 0.4) is 0 Å². The van der Waals surface area contributed by atoms with Gasteiger partial charge >= 0.3 is 5.97 Å². The first-order valence-corrected chi connectivity index (χ1v) is 6.48. The Morgan fingerprint density at radius 2 is 1.72 bits per heavy atom. The zero-order chi connectivity index (χ0) is 13.7. The average molecular weight is 249 g/mol. The Kier molecular flexibility index (Phi) is 5.35. The van der Waals surface area contributed by atoms with E-state index >= 15 is 0 Å². The molecular formula is C15H23NO2. The van der Waals surface area contributed by atoms with Crippen molar-refractivity contribution in [2.45, 2.75) is 52.1 Å². The van der Waals surface area contributed by atoms with Crippen molar-refractivity contribution in [3.63, 3.8) is 0 Å². The molecule has 0 aliphatic heterocycles. The first kappa shape index (κ1) is 14.7. The van der Waals surface area contributed by atoms with E-state index < -0.39 is 12.0 Å². The number of carboxylic acid groups (broad SMARTS) is 1. The Labute approximate surface area is 109 Å². The van der Waals surface area contributed by atoms with E-state index in [0.717, 1.165) is 5.56 Å². The number of hydrogen-bond donors (Lipinski definition) is 2. The lowest BCUT2D eigenvalue weighted by atomic mass is 9.99. The van der Waals surface area contributed by atoms with Crippen LogP contribution in [0.5, 0.6) is 0 Å². The highest BCUT2D eigenvalue weighted by atomic mass is 16.4. The van der Waals surface area contributed by atoms with Gasteiger partial charge in [0.05, 0.1) is 0 Å². The number of carboxylic acids is 1. The summed E-state index contributed by atoms with van der Waals surface area (Å²) in [7, 11) is 0. The standard InChI is InChI=1S/C15H23NO2/c1-10(2)13-7-5-12(6-8-13)9-14(15(17)18)16-11(3)4/h5-8,10-11,14,16H,9H2,1-4H3,(H,17,18). The summed E-state index contributed by atoms with van der Waals surface area (Å²) in [6.45, 7) is 8.21. The van der Waals surface area contributed by atoms with E-state index in [4.69, 9.17) is 5.11 Å². The van der Waals surface area contributed by atoms with E-state index in [1.165, 1.54) is 5.56 Å². The summed E-state index contributed by atoms with van der Waals surface area (Å²) in [5.74, 6) is -0.292. The molecule has 1 unspecified atom stereocenters. The van der Waals surface area contributed by atoms with Gasteiger partial charge in [-0.1, -0.05) is 52.0 Å². The summed E-state index contributed by atoms with van der Waals surface area (Å²) in [4.78, 5) is 11.2. The van der Waals surface area contributed by atoms with Crippen LogP contribution in [-0.2, 0) is 11.2 Å². The van der Waals surface area contributed by atoms with E-state index in [0.29, 0.717) is 12.3 Å². The van der Waals surface area contributed by atoms with Crippen LogP contribution in [0.1, 0.15) is 44.7 Å². The van der Waals surface area contributed by atoms with Gasteiger partial charge in [-0.25, -0.2) is 0 Å².